The second-order valence-electron chi connectivity index (χ2n) is 5.76. The summed E-state index contributed by atoms with van der Waals surface area (Å²) < 4.78 is 0. The molecule has 112 valence electrons. The van der Waals surface area contributed by atoms with Gasteiger partial charge < -0.3 is 5.32 Å². The van der Waals surface area contributed by atoms with Crippen LogP contribution in [0.1, 0.15) is 51.8 Å². The Labute approximate surface area is 124 Å². The fraction of sp³-hybridized carbons (Fsp3) is 0.786. The summed E-state index contributed by atoms with van der Waals surface area (Å²) in [4.78, 5) is 16.0. The van der Waals surface area contributed by atoms with E-state index in [2.05, 4.69) is 20.5 Å². The molecule has 1 aliphatic carbocycles. The fourth-order valence-electron chi connectivity index (χ4n) is 2.59. The van der Waals surface area contributed by atoms with Crippen molar-refractivity contribution in [1.29, 1.82) is 0 Å². The number of nitrogens with one attached hydrogen (secondary N) is 2. The molecule has 1 aliphatic rings. The summed E-state index contributed by atoms with van der Waals surface area (Å²) in [6, 6.07) is 0.178. The maximum absolute atomic E-state index is 11.5. The molecule has 6 heteroatoms. The van der Waals surface area contributed by atoms with E-state index in [0.29, 0.717) is 10.9 Å². The number of aryl methyl sites for hydroxylation is 1. The number of nitrogens with zero attached hydrogens (tertiary/aromatic N) is 2. The zero-order valence-electron chi connectivity index (χ0n) is 12.3. The number of aromatic amines is 1. The number of rotatable bonds is 7. The molecule has 20 heavy (non-hydrogen) atoms. The van der Waals surface area contributed by atoms with Crippen LogP contribution < -0.4 is 5.32 Å². The molecular weight excluding hydrogens is 272 g/mol. The number of hydrogen-bond acceptors (Lipinski definition) is 4. The highest BCUT2D eigenvalue weighted by Gasteiger charge is 2.15. The lowest BCUT2D eigenvalue weighted by atomic mass is 10.0. The minimum atomic E-state index is 0.0299. The lowest BCUT2D eigenvalue weighted by Gasteiger charge is -2.06. The van der Waals surface area contributed by atoms with Crippen LogP contribution in [0.5, 0.6) is 0 Å². The van der Waals surface area contributed by atoms with Crippen molar-refractivity contribution in [1.82, 2.24) is 20.5 Å². The van der Waals surface area contributed by atoms with E-state index in [1.807, 2.05) is 13.8 Å². The molecule has 2 rings (SSSR count). The molecular formula is C14H24N4OS. The molecule has 2 N–H and O–H groups in total. The Hall–Kier alpha value is -1.04. The minimum Gasteiger partial charge on any atom is -0.353 e. The van der Waals surface area contributed by atoms with Gasteiger partial charge in [-0.05, 0) is 26.2 Å². The Morgan fingerprint density at radius 1 is 1.45 bits per heavy atom. The standard InChI is InChI=1S/C14H24N4OS/c1-10(2)15-13(19)9-20-14-16-12(17-18-14)8-7-11-5-3-4-6-11/h10-11H,3-9H2,1-2H3,(H,15,19)(H,16,17,18). The molecule has 0 bridgehead atoms. The van der Waals surface area contributed by atoms with E-state index < -0.39 is 0 Å². The number of H-pyrrole nitrogens is 1. The monoisotopic (exact) mass is 296 g/mol. The minimum absolute atomic E-state index is 0.0299. The zero-order chi connectivity index (χ0) is 14.4. The van der Waals surface area contributed by atoms with Crippen molar-refractivity contribution in [2.45, 2.75) is 63.6 Å². The molecule has 0 saturated heterocycles. The lowest BCUT2D eigenvalue weighted by molar-refractivity contribution is -0.119. The van der Waals surface area contributed by atoms with Crippen LogP contribution in [0.2, 0.25) is 0 Å². The number of thioether (sulfide) groups is 1. The van der Waals surface area contributed by atoms with Gasteiger partial charge in [0.2, 0.25) is 11.1 Å². The predicted octanol–water partition coefficient (Wildman–Crippen LogP) is 2.54. The molecule has 0 radical (unpaired) electrons. The average molecular weight is 296 g/mol. The number of carbonyl (C=O) groups is 1. The summed E-state index contributed by atoms with van der Waals surface area (Å²) in [5.41, 5.74) is 0. The summed E-state index contributed by atoms with van der Waals surface area (Å²) in [5.74, 6) is 2.22. The quantitative estimate of drug-likeness (QED) is 0.759. The summed E-state index contributed by atoms with van der Waals surface area (Å²) in [6.07, 6.45) is 7.67. The maximum Gasteiger partial charge on any atom is 0.230 e. The number of amides is 1. The van der Waals surface area contributed by atoms with E-state index in [-0.39, 0.29) is 11.9 Å². The Bertz CT molecular complexity index is 427. The molecule has 5 nitrogen and oxygen atoms in total. The van der Waals surface area contributed by atoms with Crippen molar-refractivity contribution in [3.05, 3.63) is 5.82 Å². The molecule has 1 amide bonds. The summed E-state index contributed by atoms with van der Waals surface area (Å²) in [6.45, 7) is 3.91. The van der Waals surface area contributed by atoms with Gasteiger partial charge >= 0.3 is 0 Å². The summed E-state index contributed by atoms with van der Waals surface area (Å²) in [5, 5.41) is 10.7. The molecule has 0 spiro atoms. The smallest absolute Gasteiger partial charge is 0.230 e. The normalized spacial score (nSPS) is 15.9. The Kier molecular flexibility index (Phi) is 5.88. The van der Waals surface area contributed by atoms with E-state index in [1.165, 1.54) is 43.9 Å². The van der Waals surface area contributed by atoms with Crippen LogP contribution in [-0.4, -0.2) is 32.9 Å². The van der Waals surface area contributed by atoms with Gasteiger partial charge in [0.05, 0.1) is 5.75 Å². The average Bonchev–Trinajstić information content (AvgIpc) is 3.05. The van der Waals surface area contributed by atoms with Crippen LogP contribution in [0.4, 0.5) is 0 Å². The molecule has 1 heterocycles. The van der Waals surface area contributed by atoms with Gasteiger partial charge in [-0.3, -0.25) is 9.89 Å². The molecule has 0 aliphatic heterocycles. The highest BCUT2D eigenvalue weighted by Crippen LogP contribution is 2.28. The van der Waals surface area contributed by atoms with Gasteiger partial charge in [0.15, 0.2) is 0 Å². The van der Waals surface area contributed by atoms with E-state index in [4.69, 9.17) is 0 Å². The van der Waals surface area contributed by atoms with Crippen molar-refractivity contribution in [2.75, 3.05) is 5.75 Å². The number of hydrogen-bond donors (Lipinski definition) is 2. The van der Waals surface area contributed by atoms with Crippen molar-refractivity contribution in [2.24, 2.45) is 5.92 Å². The van der Waals surface area contributed by atoms with Gasteiger partial charge in [0.1, 0.15) is 5.82 Å². The first-order valence-electron chi connectivity index (χ1n) is 7.47. The SMILES string of the molecule is CC(C)NC(=O)CSc1n[nH]c(CCC2CCCC2)n1. The van der Waals surface area contributed by atoms with Crippen molar-refractivity contribution < 1.29 is 4.79 Å². The van der Waals surface area contributed by atoms with E-state index in [9.17, 15) is 4.79 Å². The van der Waals surface area contributed by atoms with Crippen molar-refractivity contribution in [3.63, 3.8) is 0 Å². The topological polar surface area (TPSA) is 70.7 Å². The van der Waals surface area contributed by atoms with Crippen LogP contribution in [0, 0.1) is 5.92 Å². The van der Waals surface area contributed by atoms with Gasteiger partial charge in [-0.1, -0.05) is 37.4 Å². The van der Waals surface area contributed by atoms with E-state index in [1.54, 1.807) is 0 Å². The predicted molar refractivity (Wildman–Crippen MR) is 80.7 cm³/mol. The first-order valence-corrected chi connectivity index (χ1v) is 8.45. The first-order chi connectivity index (χ1) is 9.63. The molecule has 1 fully saturated rings. The Morgan fingerprint density at radius 2 is 2.20 bits per heavy atom. The van der Waals surface area contributed by atoms with Crippen molar-refractivity contribution >= 4 is 17.7 Å². The third-order valence-electron chi connectivity index (χ3n) is 3.56. The molecule has 1 aromatic heterocycles. The second-order valence-corrected chi connectivity index (χ2v) is 6.71. The fourth-order valence-corrected chi connectivity index (χ4v) is 3.22. The number of carbonyl (C=O) groups excluding carboxylic acids is 1. The number of aromatic nitrogens is 3. The van der Waals surface area contributed by atoms with Crippen LogP contribution in [-0.2, 0) is 11.2 Å². The maximum atomic E-state index is 11.5. The van der Waals surface area contributed by atoms with E-state index >= 15 is 0 Å². The van der Waals surface area contributed by atoms with Crippen LogP contribution >= 0.6 is 11.8 Å². The molecule has 1 aromatic rings. The largest absolute Gasteiger partial charge is 0.353 e. The lowest BCUT2D eigenvalue weighted by Crippen LogP contribution is -2.31. The highest BCUT2D eigenvalue weighted by atomic mass is 32.2. The van der Waals surface area contributed by atoms with Crippen LogP contribution in [0.25, 0.3) is 0 Å². The van der Waals surface area contributed by atoms with E-state index in [0.717, 1.165) is 18.2 Å². The van der Waals surface area contributed by atoms with Gasteiger partial charge in [0, 0.05) is 12.5 Å². The zero-order valence-corrected chi connectivity index (χ0v) is 13.1. The van der Waals surface area contributed by atoms with Gasteiger partial charge in [-0.2, -0.15) is 0 Å². The van der Waals surface area contributed by atoms with Gasteiger partial charge in [0.25, 0.3) is 0 Å². The summed E-state index contributed by atoms with van der Waals surface area (Å²) >= 11 is 1.38. The van der Waals surface area contributed by atoms with Crippen LogP contribution in [0.3, 0.4) is 0 Å². The molecule has 1 saturated carbocycles. The third-order valence-corrected chi connectivity index (χ3v) is 4.40. The Balaban J connectivity index is 1.70. The third kappa shape index (κ3) is 5.15. The van der Waals surface area contributed by atoms with Gasteiger partial charge in [-0.25, -0.2) is 4.98 Å². The van der Waals surface area contributed by atoms with Crippen molar-refractivity contribution in [3.8, 4) is 0 Å². The highest BCUT2D eigenvalue weighted by molar-refractivity contribution is 7.99. The molecule has 0 aromatic carbocycles. The van der Waals surface area contributed by atoms with Gasteiger partial charge in [-0.15, -0.1) is 5.10 Å². The van der Waals surface area contributed by atoms with Crippen LogP contribution in [0.15, 0.2) is 5.16 Å². The first kappa shape index (κ1) is 15.4. The molecule has 0 unspecified atom stereocenters. The Morgan fingerprint density at radius 3 is 2.90 bits per heavy atom. The second kappa shape index (κ2) is 7.67. The summed E-state index contributed by atoms with van der Waals surface area (Å²) in [7, 11) is 0. The molecule has 0 atom stereocenters.